The smallest absolute Gasteiger partial charge is 0.225 e. The van der Waals surface area contributed by atoms with Crippen LogP contribution in [0.2, 0.25) is 0 Å². The van der Waals surface area contributed by atoms with Gasteiger partial charge in [-0.15, -0.1) is 11.3 Å². The number of rotatable bonds is 4. The Labute approximate surface area is 165 Å². The SMILES string of the molecule is CCc1cc2c(N3CCC[C@@H](C(=O)NC4CCCCCC4)C3)ncnc2s1. The highest BCUT2D eigenvalue weighted by Crippen LogP contribution is 2.32. The van der Waals surface area contributed by atoms with E-state index in [4.69, 9.17) is 0 Å². The van der Waals surface area contributed by atoms with Crippen molar-refractivity contribution in [3.05, 3.63) is 17.3 Å². The van der Waals surface area contributed by atoms with E-state index >= 15 is 0 Å². The molecule has 1 saturated heterocycles. The number of anilines is 1. The van der Waals surface area contributed by atoms with Crippen LogP contribution in [-0.4, -0.2) is 35.0 Å². The molecular formula is C21H30N4OS. The summed E-state index contributed by atoms with van der Waals surface area (Å²) in [6, 6.07) is 2.61. The van der Waals surface area contributed by atoms with Gasteiger partial charge in [-0.25, -0.2) is 9.97 Å². The Morgan fingerprint density at radius 3 is 2.78 bits per heavy atom. The van der Waals surface area contributed by atoms with Crippen molar-refractivity contribution in [3.8, 4) is 0 Å². The van der Waals surface area contributed by atoms with Gasteiger partial charge in [0.15, 0.2) is 0 Å². The molecular weight excluding hydrogens is 356 g/mol. The summed E-state index contributed by atoms with van der Waals surface area (Å²) in [5.74, 6) is 1.32. The van der Waals surface area contributed by atoms with E-state index in [1.54, 1.807) is 17.7 Å². The number of thiophene rings is 1. The number of aryl methyl sites for hydroxylation is 1. The van der Waals surface area contributed by atoms with Gasteiger partial charge < -0.3 is 10.2 Å². The van der Waals surface area contributed by atoms with Gasteiger partial charge in [0.05, 0.1) is 11.3 Å². The predicted molar refractivity (Wildman–Crippen MR) is 111 cm³/mol. The molecule has 1 atom stereocenters. The average molecular weight is 387 g/mol. The lowest BCUT2D eigenvalue weighted by Gasteiger charge is -2.33. The van der Waals surface area contributed by atoms with Crippen LogP contribution in [0.4, 0.5) is 5.82 Å². The second-order valence-electron chi connectivity index (χ2n) is 7.96. The molecule has 0 unspecified atom stereocenters. The molecule has 1 aliphatic carbocycles. The molecule has 6 heteroatoms. The van der Waals surface area contributed by atoms with E-state index in [0.29, 0.717) is 6.04 Å². The largest absolute Gasteiger partial charge is 0.355 e. The van der Waals surface area contributed by atoms with Crippen LogP contribution >= 0.6 is 11.3 Å². The second kappa shape index (κ2) is 8.55. The summed E-state index contributed by atoms with van der Waals surface area (Å²) < 4.78 is 0. The van der Waals surface area contributed by atoms with Crippen molar-refractivity contribution in [2.75, 3.05) is 18.0 Å². The van der Waals surface area contributed by atoms with Crippen LogP contribution in [0.3, 0.4) is 0 Å². The molecule has 0 spiro atoms. The van der Waals surface area contributed by atoms with Crippen LogP contribution in [0.15, 0.2) is 12.4 Å². The average Bonchev–Trinajstić information content (AvgIpc) is 2.97. The van der Waals surface area contributed by atoms with Gasteiger partial charge in [0.2, 0.25) is 5.91 Å². The molecule has 1 N–H and O–H groups in total. The number of hydrogen-bond donors (Lipinski definition) is 1. The van der Waals surface area contributed by atoms with Crippen LogP contribution in [-0.2, 0) is 11.2 Å². The first-order valence-corrected chi connectivity index (χ1v) is 11.3. The lowest BCUT2D eigenvalue weighted by atomic mass is 9.96. The van der Waals surface area contributed by atoms with Crippen LogP contribution in [0.1, 0.15) is 63.2 Å². The number of carbonyl (C=O) groups excluding carboxylic acids is 1. The van der Waals surface area contributed by atoms with E-state index < -0.39 is 0 Å². The van der Waals surface area contributed by atoms with E-state index in [9.17, 15) is 4.79 Å². The van der Waals surface area contributed by atoms with Crippen molar-refractivity contribution in [2.24, 2.45) is 5.92 Å². The number of fused-ring (bicyclic) bond motifs is 1. The summed E-state index contributed by atoms with van der Waals surface area (Å²) in [6.45, 7) is 3.91. The molecule has 146 valence electrons. The number of amides is 1. The molecule has 2 fully saturated rings. The zero-order chi connectivity index (χ0) is 18.6. The summed E-state index contributed by atoms with van der Waals surface area (Å²) in [5, 5.41) is 4.50. The molecule has 5 nitrogen and oxygen atoms in total. The zero-order valence-electron chi connectivity index (χ0n) is 16.2. The normalized spacial score (nSPS) is 22.0. The third-order valence-corrected chi connectivity index (χ3v) is 7.19. The van der Waals surface area contributed by atoms with E-state index in [0.717, 1.165) is 61.2 Å². The first-order chi connectivity index (χ1) is 13.2. The van der Waals surface area contributed by atoms with Gasteiger partial charge >= 0.3 is 0 Å². The Bertz CT molecular complexity index is 782. The van der Waals surface area contributed by atoms with Crippen LogP contribution in [0, 0.1) is 5.92 Å². The van der Waals surface area contributed by atoms with Gasteiger partial charge in [0.25, 0.3) is 0 Å². The summed E-state index contributed by atoms with van der Waals surface area (Å²) in [7, 11) is 0. The van der Waals surface area contributed by atoms with Gasteiger partial charge in [0, 0.05) is 24.0 Å². The molecule has 2 aromatic heterocycles. The standard InChI is InChI=1S/C21H30N4OS/c1-2-17-12-18-19(22-14-23-21(18)27-17)25-11-7-8-15(13-25)20(26)24-16-9-5-3-4-6-10-16/h12,14-16H,2-11,13H2,1H3,(H,24,26)/t15-/m1/s1. The maximum absolute atomic E-state index is 12.9. The zero-order valence-corrected chi connectivity index (χ0v) is 17.1. The molecule has 2 aliphatic rings. The minimum Gasteiger partial charge on any atom is -0.355 e. The number of nitrogens with one attached hydrogen (secondary N) is 1. The van der Waals surface area contributed by atoms with Crippen LogP contribution in [0.25, 0.3) is 10.2 Å². The van der Waals surface area contributed by atoms with E-state index in [-0.39, 0.29) is 11.8 Å². The molecule has 1 amide bonds. The van der Waals surface area contributed by atoms with E-state index in [1.165, 1.54) is 30.6 Å². The molecule has 27 heavy (non-hydrogen) atoms. The quantitative estimate of drug-likeness (QED) is 0.796. The number of aromatic nitrogens is 2. The Kier molecular flexibility index (Phi) is 5.91. The fraction of sp³-hybridized carbons (Fsp3) is 0.667. The van der Waals surface area contributed by atoms with E-state index in [1.807, 2.05) is 0 Å². The highest BCUT2D eigenvalue weighted by Gasteiger charge is 2.29. The highest BCUT2D eigenvalue weighted by atomic mass is 32.1. The minimum atomic E-state index is 0.0660. The second-order valence-corrected chi connectivity index (χ2v) is 9.08. The molecule has 4 rings (SSSR count). The molecule has 1 saturated carbocycles. The number of piperidine rings is 1. The maximum Gasteiger partial charge on any atom is 0.225 e. The topological polar surface area (TPSA) is 58.1 Å². The van der Waals surface area contributed by atoms with Gasteiger partial charge in [-0.05, 0) is 38.2 Å². The van der Waals surface area contributed by atoms with Crippen LogP contribution < -0.4 is 10.2 Å². The van der Waals surface area contributed by atoms with Gasteiger partial charge in [-0.1, -0.05) is 32.6 Å². The summed E-state index contributed by atoms with van der Waals surface area (Å²) in [5.41, 5.74) is 0. The first-order valence-electron chi connectivity index (χ1n) is 10.5. The fourth-order valence-electron chi connectivity index (χ4n) is 4.45. The maximum atomic E-state index is 12.9. The first kappa shape index (κ1) is 18.7. The minimum absolute atomic E-state index is 0.0660. The molecule has 0 radical (unpaired) electrons. The van der Waals surface area contributed by atoms with E-state index in [2.05, 4.69) is 33.2 Å². The van der Waals surface area contributed by atoms with Gasteiger partial charge in [-0.2, -0.15) is 0 Å². The summed E-state index contributed by atoms with van der Waals surface area (Å²) in [6.07, 6.45) is 12.1. The lowest BCUT2D eigenvalue weighted by molar-refractivity contribution is -0.126. The molecule has 0 aromatic carbocycles. The Morgan fingerprint density at radius 2 is 2.00 bits per heavy atom. The van der Waals surface area contributed by atoms with Crippen LogP contribution in [0.5, 0.6) is 0 Å². The van der Waals surface area contributed by atoms with Crippen molar-refractivity contribution in [1.82, 2.24) is 15.3 Å². The predicted octanol–water partition coefficient (Wildman–Crippen LogP) is 4.31. The third-order valence-electron chi connectivity index (χ3n) is 6.00. The summed E-state index contributed by atoms with van der Waals surface area (Å²) in [4.78, 5) is 26.6. The van der Waals surface area contributed by atoms with Crippen molar-refractivity contribution in [3.63, 3.8) is 0 Å². The number of carbonyl (C=O) groups is 1. The van der Waals surface area contributed by atoms with Gasteiger partial charge in [-0.3, -0.25) is 4.79 Å². The number of nitrogens with zero attached hydrogens (tertiary/aromatic N) is 3. The van der Waals surface area contributed by atoms with Crippen molar-refractivity contribution in [2.45, 2.75) is 70.8 Å². The van der Waals surface area contributed by atoms with Crippen molar-refractivity contribution >= 4 is 33.3 Å². The third kappa shape index (κ3) is 4.26. The van der Waals surface area contributed by atoms with Crippen molar-refractivity contribution in [1.29, 1.82) is 0 Å². The summed E-state index contributed by atoms with van der Waals surface area (Å²) >= 11 is 1.75. The molecule has 1 aliphatic heterocycles. The van der Waals surface area contributed by atoms with Gasteiger partial charge in [0.1, 0.15) is 17.0 Å². The fourth-order valence-corrected chi connectivity index (χ4v) is 5.37. The number of hydrogen-bond acceptors (Lipinski definition) is 5. The molecule has 0 bridgehead atoms. The van der Waals surface area contributed by atoms with Crippen molar-refractivity contribution < 1.29 is 4.79 Å². The lowest BCUT2D eigenvalue weighted by Crippen LogP contribution is -2.46. The molecule has 2 aromatic rings. The monoisotopic (exact) mass is 386 g/mol. The Morgan fingerprint density at radius 1 is 1.19 bits per heavy atom. The Hall–Kier alpha value is -1.69. The Balaban J connectivity index is 1.46. The highest BCUT2D eigenvalue weighted by molar-refractivity contribution is 7.18. The molecule has 3 heterocycles.